The van der Waals surface area contributed by atoms with Crippen LogP contribution in [0, 0.1) is 16.7 Å². The molecule has 0 radical (unpaired) electrons. The van der Waals surface area contributed by atoms with Gasteiger partial charge in [0.2, 0.25) is 5.91 Å². The van der Waals surface area contributed by atoms with Gasteiger partial charge in [-0.2, -0.15) is 5.26 Å². The highest BCUT2D eigenvalue weighted by atomic mass is 16.3. The Balaban J connectivity index is 1.67. The zero-order valence-electron chi connectivity index (χ0n) is 13.7. The first-order chi connectivity index (χ1) is 11.1. The minimum absolute atomic E-state index is 0.0342. The van der Waals surface area contributed by atoms with Gasteiger partial charge in [-0.15, -0.1) is 0 Å². The second-order valence-corrected chi connectivity index (χ2v) is 6.82. The Bertz CT molecular complexity index is 631. The second kappa shape index (κ2) is 6.34. The van der Waals surface area contributed by atoms with Crippen LogP contribution in [0.15, 0.2) is 12.3 Å². The van der Waals surface area contributed by atoms with Crippen molar-refractivity contribution >= 4 is 5.91 Å². The van der Waals surface area contributed by atoms with E-state index in [0.29, 0.717) is 12.2 Å². The van der Waals surface area contributed by atoms with E-state index in [1.54, 1.807) is 0 Å². The summed E-state index contributed by atoms with van der Waals surface area (Å²) in [6, 6.07) is 4.11. The maximum absolute atomic E-state index is 12.8. The summed E-state index contributed by atoms with van der Waals surface area (Å²) in [4.78, 5) is 16.9. The van der Waals surface area contributed by atoms with E-state index in [1.807, 2.05) is 28.8 Å². The number of rotatable bonds is 4. The number of nitriles is 1. The highest BCUT2D eigenvalue weighted by Gasteiger charge is 2.47. The van der Waals surface area contributed by atoms with Crippen molar-refractivity contribution < 1.29 is 9.90 Å². The third kappa shape index (κ3) is 2.99. The molecule has 1 aromatic rings. The molecule has 0 bridgehead atoms. The molecule has 3 rings (SSSR count). The number of β-amino-alcohol motifs (C(OH)–C–C–N with tert-alkyl or cyclic N) is 1. The van der Waals surface area contributed by atoms with Gasteiger partial charge in [-0.1, -0.05) is 0 Å². The number of hydrogen-bond donors (Lipinski definition) is 1. The average molecular weight is 316 g/mol. The summed E-state index contributed by atoms with van der Waals surface area (Å²) in [5.74, 6) is 0.214. The maximum Gasteiger partial charge on any atom is 0.230 e. The maximum atomic E-state index is 12.8. The van der Waals surface area contributed by atoms with Gasteiger partial charge in [-0.25, -0.2) is 0 Å². The average Bonchev–Trinajstić information content (AvgIpc) is 3.09. The number of aliphatic hydroxyl groups excluding tert-OH is 1. The van der Waals surface area contributed by atoms with Crippen molar-refractivity contribution in [2.24, 2.45) is 12.5 Å². The van der Waals surface area contributed by atoms with Crippen LogP contribution in [0.3, 0.4) is 0 Å². The summed E-state index contributed by atoms with van der Waals surface area (Å²) in [5.41, 5.74) is 1.52. The van der Waals surface area contributed by atoms with Crippen LogP contribution in [-0.2, 0) is 18.4 Å². The van der Waals surface area contributed by atoms with Gasteiger partial charge in [-0.3, -0.25) is 9.69 Å². The van der Waals surface area contributed by atoms with Gasteiger partial charge < -0.3 is 14.6 Å². The highest BCUT2D eigenvalue weighted by Crippen LogP contribution is 2.40. The number of carbonyl (C=O) groups excluding carboxylic acids is 1. The van der Waals surface area contributed by atoms with Gasteiger partial charge in [-0.05, 0) is 37.4 Å². The summed E-state index contributed by atoms with van der Waals surface area (Å²) in [6.45, 7) is 3.73. The molecule has 1 spiro atoms. The predicted octanol–water partition coefficient (Wildman–Crippen LogP) is 0.704. The van der Waals surface area contributed by atoms with Crippen LogP contribution >= 0.6 is 0 Å². The summed E-state index contributed by atoms with van der Waals surface area (Å²) in [6.07, 6.45) is 4.85. The number of aliphatic hydroxyl groups is 1. The Kier molecular flexibility index (Phi) is 4.42. The number of aryl methyl sites for hydroxylation is 1. The van der Waals surface area contributed by atoms with E-state index in [1.165, 1.54) is 0 Å². The number of hydrogen-bond acceptors (Lipinski definition) is 4. The lowest BCUT2D eigenvalue weighted by molar-refractivity contribution is -0.146. The summed E-state index contributed by atoms with van der Waals surface area (Å²) in [5, 5.41) is 18.2. The summed E-state index contributed by atoms with van der Waals surface area (Å²) in [7, 11) is 1.88. The fraction of sp³-hybridized carbons (Fsp3) is 0.647. The molecule has 1 amide bonds. The quantitative estimate of drug-likeness (QED) is 0.888. The first-order valence-electron chi connectivity index (χ1n) is 8.26. The molecular formula is C17H24N4O2. The molecule has 1 unspecified atom stereocenters. The van der Waals surface area contributed by atoms with E-state index in [4.69, 9.17) is 10.4 Å². The van der Waals surface area contributed by atoms with Gasteiger partial charge >= 0.3 is 0 Å². The standard InChI is InChI=1S/C17H24N4O2/c1-19-11-14(9-15(19)10-18)12-20-6-4-17(13-20)3-2-5-21(7-8-22)16(17)23/h9,11,22H,2-8,12-13H2,1H3. The van der Waals surface area contributed by atoms with Crippen molar-refractivity contribution in [2.45, 2.75) is 25.8 Å². The fourth-order valence-corrected chi connectivity index (χ4v) is 4.05. The number of likely N-dealkylation sites (tertiary alicyclic amines) is 2. The molecule has 1 N–H and O–H groups in total. The van der Waals surface area contributed by atoms with Gasteiger partial charge in [0.1, 0.15) is 11.8 Å². The van der Waals surface area contributed by atoms with Gasteiger partial charge in [0, 0.05) is 39.4 Å². The minimum atomic E-state index is -0.264. The van der Waals surface area contributed by atoms with Gasteiger partial charge in [0.15, 0.2) is 0 Å². The SMILES string of the molecule is Cn1cc(CN2CCC3(CCCN(CCO)C3=O)C2)cc1C#N. The lowest BCUT2D eigenvalue weighted by Crippen LogP contribution is -2.50. The first kappa shape index (κ1) is 16.0. The van der Waals surface area contributed by atoms with E-state index >= 15 is 0 Å². The van der Waals surface area contributed by atoms with E-state index < -0.39 is 0 Å². The van der Waals surface area contributed by atoms with Gasteiger partial charge in [0.25, 0.3) is 0 Å². The monoisotopic (exact) mass is 316 g/mol. The van der Waals surface area contributed by atoms with Crippen molar-refractivity contribution in [3.05, 3.63) is 23.5 Å². The number of aromatic nitrogens is 1. The van der Waals surface area contributed by atoms with Crippen LogP contribution in [0.1, 0.15) is 30.5 Å². The van der Waals surface area contributed by atoms with Crippen LogP contribution < -0.4 is 0 Å². The van der Waals surface area contributed by atoms with E-state index in [0.717, 1.165) is 51.0 Å². The highest BCUT2D eigenvalue weighted by molar-refractivity contribution is 5.84. The minimum Gasteiger partial charge on any atom is -0.395 e. The molecule has 2 aliphatic heterocycles. The molecular weight excluding hydrogens is 292 g/mol. The Morgan fingerprint density at radius 2 is 2.22 bits per heavy atom. The largest absolute Gasteiger partial charge is 0.395 e. The van der Waals surface area contributed by atoms with Crippen molar-refractivity contribution in [3.8, 4) is 6.07 Å². The van der Waals surface area contributed by atoms with E-state index in [-0.39, 0.29) is 17.9 Å². The van der Waals surface area contributed by atoms with Crippen molar-refractivity contribution in [1.29, 1.82) is 5.26 Å². The molecule has 2 saturated heterocycles. The molecule has 1 atom stereocenters. The Hall–Kier alpha value is -1.84. The first-order valence-corrected chi connectivity index (χ1v) is 8.26. The smallest absolute Gasteiger partial charge is 0.230 e. The topological polar surface area (TPSA) is 72.5 Å². The van der Waals surface area contributed by atoms with Crippen LogP contribution in [0.2, 0.25) is 0 Å². The number of piperidine rings is 1. The molecule has 0 aromatic carbocycles. The Morgan fingerprint density at radius 1 is 1.39 bits per heavy atom. The summed E-state index contributed by atoms with van der Waals surface area (Å²) < 4.78 is 1.84. The Labute approximate surface area is 136 Å². The lowest BCUT2D eigenvalue weighted by atomic mass is 9.78. The molecule has 124 valence electrons. The van der Waals surface area contributed by atoms with Crippen LogP contribution in [0.25, 0.3) is 0 Å². The Morgan fingerprint density at radius 3 is 2.91 bits per heavy atom. The van der Waals surface area contributed by atoms with Crippen LogP contribution in [-0.4, -0.2) is 58.2 Å². The van der Waals surface area contributed by atoms with Crippen LogP contribution in [0.4, 0.5) is 0 Å². The fourth-order valence-electron chi connectivity index (χ4n) is 4.05. The van der Waals surface area contributed by atoms with E-state index in [2.05, 4.69) is 11.0 Å². The van der Waals surface area contributed by atoms with Crippen molar-refractivity contribution in [3.63, 3.8) is 0 Å². The second-order valence-electron chi connectivity index (χ2n) is 6.82. The van der Waals surface area contributed by atoms with E-state index in [9.17, 15) is 4.79 Å². The molecule has 1 aromatic heterocycles. The predicted molar refractivity (Wildman–Crippen MR) is 85.4 cm³/mol. The molecule has 23 heavy (non-hydrogen) atoms. The summed E-state index contributed by atoms with van der Waals surface area (Å²) >= 11 is 0. The molecule has 2 fully saturated rings. The number of nitrogens with zero attached hydrogens (tertiary/aromatic N) is 4. The third-order valence-electron chi connectivity index (χ3n) is 5.21. The zero-order valence-corrected chi connectivity index (χ0v) is 13.7. The molecule has 0 aliphatic carbocycles. The zero-order chi connectivity index (χ0) is 16.4. The normalized spacial score (nSPS) is 25.3. The lowest BCUT2D eigenvalue weighted by Gasteiger charge is -2.39. The number of amides is 1. The van der Waals surface area contributed by atoms with Gasteiger partial charge in [0.05, 0.1) is 12.0 Å². The number of carbonyl (C=O) groups is 1. The van der Waals surface area contributed by atoms with Crippen molar-refractivity contribution in [1.82, 2.24) is 14.4 Å². The van der Waals surface area contributed by atoms with Crippen LogP contribution in [0.5, 0.6) is 0 Å². The molecule has 2 aliphatic rings. The molecule has 6 nitrogen and oxygen atoms in total. The molecule has 0 saturated carbocycles. The molecule has 3 heterocycles. The third-order valence-corrected chi connectivity index (χ3v) is 5.21. The van der Waals surface area contributed by atoms with Crippen molar-refractivity contribution in [2.75, 3.05) is 32.8 Å². The molecule has 6 heteroatoms.